The van der Waals surface area contributed by atoms with Gasteiger partial charge in [-0.3, -0.25) is 4.90 Å². The number of hydrogen-bond acceptors (Lipinski definition) is 6. The first-order valence-electron chi connectivity index (χ1n) is 7.74. The van der Waals surface area contributed by atoms with E-state index in [0.29, 0.717) is 30.4 Å². The minimum Gasteiger partial charge on any atom is -0.454 e. The van der Waals surface area contributed by atoms with Gasteiger partial charge < -0.3 is 18.9 Å². The van der Waals surface area contributed by atoms with E-state index >= 15 is 0 Å². The van der Waals surface area contributed by atoms with Gasteiger partial charge in [0, 0.05) is 7.11 Å². The molecule has 0 radical (unpaired) electrons. The maximum Gasteiger partial charge on any atom is 0.421 e. The lowest BCUT2D eigenvalue weighted by Crippen LogP contribution is -2.37. The van der Waals surface area contributed by atoms with Crippen LogP contribution in [0.4, 0.5) is 10.6 Å². The summed E-state index contributed by atoms with van der Waals surface area (Å²) in [6.07, 6.45) is 1.74. The van der Waals surface area contributed by atoms with E-state index in [1.165, 1.54) is 17.4 Å². The number of benzene rings is 1. The third kappa shape index (κ3) is 4.27. The average molecular weight is 342 g/mol. The maximum absolute atomic E-state index is 12.6. The average Bonchev–Trinajstić information content (AvgIpc) is 3.18. The van der Waals surface area contributed by atoms with Gasteiger partial charge in [-0.1, -0.05) is 24.3 Å². The van der Waals surface area contributed by atoms with E-state index in [1.807, 2.05) is 6.07 Å². The summed E-state index contributed by atoms with van der Waals surface area (Å²) in [4.78, 5) is 18.4. The van der Waals surface area contributed by atoms with Crippen LogP contribution in [0.1, 0.15) is 12.0 Å². The lowest BCUT2D eigenvalue weighted by atomic mass is 10.3. The van der Waals surface area contributed by atoms with Gasteiger partial charge in [0.25, 0.3) is 6.29 Å². The van der Waals surface area contributed by atoms with Gasteiger partial charge in [-0.15, -0.1) is 0 Å². The number of anilines is 1. The van der Waals surface area contributed by atoms with Crippen LogP contribution >= 0.6 is 0 Å². The zero-order valence-corrected chi connectivity index (χ0v) is 13.7. The van der Waals surface area contributed by atoms with Crippen LogP contribution in [0.15, 0.2) is 61.1 Å². The molecular formula is C18H18N2O5. The zero-order valence-electron chi connectivity index (χ0n) is 13.7. The van der Waals surface area contributed by atoms with Crippen LogP contribution in [0.3, 0.4) is 0 Å². The third-order valence-corrected chi connectivity index (χ3v) is 3.42. The Morgan fingerprint density at radius 1 is 1.12 bits per heavy atom. The fourth-order valence-electron chi connectivity index (χ4n) is 2.23. The number of methoxy groups -OCH3 is 1. The molecule has 3 rings (SSSR count). The van der Waals surface area contributed by atoms with Crippen molar-refractivity contribution in [1.29, 1.82) is 0 Å². The standard InChI is InChI=1S/C18H18N2O5/c1-22-11-10-20(18(21)25-14-6-3-2-4-7-14)16-9-5-8-15(19-16)17-23-12-13-24-17/h2-9,12-13,17H,10-11H2,1H3. The topological polar surface area (TPSA) is 70.1 Å². The normalized spacial score (nSPS) is 13.2. The summed E-state index contributed by atoms with van der Waals surface area (Å²) in [5, 5.41) is 0. The highest BCUT2D eigenvalue weighted by Gasteiger charge is 2.22. The van der Waals surface area contributed by atoms with Crippen molar-refractivity contribution in [2.45, 2.75) is 6.29 Å². The first kappa shape index (κ1) is 16.8. The highest BCUT2D eigenvalue weighted by molar-refractivity contribution is 5.88. The molecule has 1 amide bonds. The molecule has 0 unspecified atom stereocenters. The van der Waals surface area contributed by atoms with Gasteiger partial charge in [0.2, 0.25) is 0 Å². The SMILES string of the molecule is COCCN(C(=O)Oc1ccccc1)c1cccc(C2OC=CO2)n1. The Balaban J connectivity index is 1.79. The predicted octanol–water partition coefficient (Wildman–Crippen LogP) is 3.25. The van der Waals surface area contributed by atoms with Crippen molar-refractivity contribution >= 4 is 11.9 Å². The molecule has 0 saturated heterocycles. The number of aromatic nitrogens is 1. The van der Waals surface area contributed by atoms with Crippen LogP contribution in [0, 0.1) is 0 Å². The number of nitrogens with zero attached hydrogens (tertiary/aromatic N) is 2. The molecule has 2 aromatic rings. The minimum atomic E-state index is -0.616. The van der Waals surface area contributed by atoms with E-state index in [2.05, 4.69) is 4.98 Å². The summed E-state index contributed by atoms with van der Waals surface area (Å²) >= 11 is 0. The van der Waals surface area contributed by atoms with E-state index < -0.39 is 12.4 Å². The molecule has 2 heterocycles. The van der Waals surface area contributed by atoms with E-state index in [0.717, 1.165) is 0 Å². The zero-order chi connectivity index (χ0) is 17.5. The van der Waals surface area contributed by atoms with E-state index in [-0.39, 0.29) is 0 Å². The van der Waals surface area contributed by atoms with E-state index in [9.17, 15) is 4.79 Å². The molecule has 1 aromatic heterocycles. The summed E-state index contributed by atoms with van der Waals surface area (Å²) < 4.78 is 21.1. The number of ether oxygens (including phenoxy) is 4. The summed E-state index contributed by atoms with van der Waals surface area (Å²) in [6, 6.07) is 14.1. The Labute approximate surface area is 145 Å². The summed E-state index contributed by atoms with van der Waals surface area (Å²) in [7, 11) is 1.57. The Morgan fingerprint density at radius 3 is 2.60 bits per heavy atom. The van der Waals surface area contributed by atoms with Crippen LogP contribution < -0.4 is 9.64 Å². The molecule has 0 spiro atoms. The molecule has 0 aliphatic carbocycles. The number of carbonyl (C=O) groups excluding carboxylic acids is 1. The number of hydrogen-bond donors (Lipinski definition) is 0. The molecule has 7 nitrogen and oxygen atoms in total. The number of amides is 1. The molecule has 1 aromatic carbocycles. The lowest BCUT2D eigenvalue weighted by molar-refractivity contribution is -0.0278. The number of carbonyl (C=O) groups is 1. The number of pyridine rings is 1. The van der Waals surface area contributed by atoms with Crippen molar-refractivity contribution in [3.63, 3.8) is 0 Å². The van der Waals surface area contributed by atoms with Crippen LogP contribution in [-0.4, -0.2) is 31.3 Å². The predicted molar refractivity (Wildman–Crippen MR) is 90.0 cm³/mol. The molecule has 0 bridgehead atoms. The fourth-order valence-corrected chi connectivity index (χ4v) is 2.23. The Hall–Kier alpha value is -3.06. The van der Waals surface area contributed by atoms with Crippen molar-refractivity contribution in [3.8, 4) is 5.75 Å². The van der Waals surface area contributed by atoms with Gasteiger partial charge in [0.05, 0.1) is 13.2 Å². The highest BCUT2D eigenvalue weighted by Crippen LogP contribution is 2.24. The summed E-state index contributed by atoms with van der Waals surface area (Å²) in [5.41, 5.74) is 0.553. The second-order valence-corrected chi connectivity index (χ2v) is 5.12. The first-order valence-corrected chi connectivity index (χ1v) is 7.74. The molecule has 7 heteroatoms. The monoisotopic (exact) mass is 342 g/mol. The van der Waals surface area contributed by atoms with Crippen LogP contribution in [-0.2, 0) is 14.2 Å². The molecule has 130 valence electrons. The van der Waals surface area contributed by atoms with Crippen molar-refractivity contribution in [1.82, 2.24) is 4.98 Å². The lowest BCUT2D eigenvalue weighted by Gasteiger charge is -2.21. The molecular weight excluding hydrogens is 324 g/mol. The van der Waals surface area contributed by atoms with Crippen LogP contribution in [0.25, 0.3) is 0 Å². The molecule has 0 saturated carbocycles. The van der Waals surface area contributed by atoms with Crippen LogP contribution in [0.5, 0.6) is 5.75 Å². The molecule has 1 aliphatic heterocycles. The quantitative estimate of drug-likeness (QED) is 0.802. The number of para-hydroxylation sites is 1. The smallest absolute Gasteiger partial charge is 0.421 e. The fraction of sp³-hybridized carbons (Fsp3) is 0.222. The number of rotatable bonds is 6. The minimum absolute atomic E-state index is 0.295. The van der Waals surface area contributed by atoms with Gasteiger partial charge in [0.1, 0.15) is 29.8 Å². The Kier molecular flexibility index (Phi) is 5.48. The molecule has 0 N–H and O–H groups in total. The van der Waals surface area contributed by atoms with Gasteiger partial charge in [0.15, 0.2) is 0 Å². The summed E-state index contributed by atoms with van der Waals surface area (Å²) in [5.74, 6) is 0.882. The third-order valence-electron chi connectivity index (χ3n) is 3.42. The summed E-state index contributed by atoms with van der Waals surface area (Å²) in [6.45, 7) is 0.636. The molecule has 1 aliphatic rings. The second-order valence-electron chi connectivity index (χ2n) is 5.12. The van der Waals surface area contributed by atoms with E-state index in [1.54, 1.807) is 49.6 Å². The van der Waals surface area contributed by atoms with Gasteiger partial charge in [-0.05, 0) is 24.3 Å². The maximum atomic E-state index is 12.6. The highest BCUT2D eigenvalue weighted by atomic mass is 16.7. The molecule has 25 heavy (non-hydrogen) atoms. The molecule has 0 atom stereocenters. The van der Waals surface area contributed by atoms with Crippen molar-refractivity contribution in [2.24, 2.45) is 0 Å². The molecule has 0 fully saturated rings. The van der Waals surface area contributed by atoms with Crippen LogP contribution in [0.2, 0.25) is 0 Å². The first-order chi connectivity index (χ1) is 12.3. The Bertz CT molecular complexity index is 727. The largest absolute Gasteiger partial charge is 0.454 e. The van der Waals surface area contributed by atoms with Crippen molar-refractivity contribution < 1.29 is 23.7 Å². The van der Waals surface area contributed by atoms with Gasteiger partial charge >= 0.3 is 6.09 Å². The Morgan fingerprint density at radius 2 is 1.88 bits per heavy atom. The van der Waals surface area contributed by atoms with Crippen molar-refractivity contribution in [3.05, 3.63) is 66.7 Å². The van der Waals surface area contributed by atoms with Crippen molar-refractivity contribution in [2.75, 3.05) is 25.2 Å². The van der Waals surface area contributed by atoms with Gasteiger partial charge in [-0.25, -0.2) is 9.78 Å². The van der Waals surface area contributed by atoms with E-state index in [4.69, 9.17) is 18.9 Å². The second kappa shape index (κ2) is 8.16. The van der Waals surface area contributed by atoms with Gasteiger partial charge in [-0.2, -0.15) is 0 Å².